The predicted molar refractivity (Wildman–Crippen MR) is 114 cm³/mol. The van der Waals surface area contributed by atoms with E-state index >= 15 is 0 Å². The Kier molecular flexibility index (Phi) is 4.66. The maximum Gasteiger partial charge on any atom is 0.309 e. The maximum absolute atomic E-state index is 14.0. The molecule has 1 aromatic heterocycles. The Labute approximate surface area is 175 Å². The molecule has 1 aliphatic carbocycles. The van der Waals surface area contributed by atoms with Gasteiger partial charge in [-0.15, -0.1) is 0 Å². The van der Waals surface area contributed by atoms with Crippen LogP contribution in [0.25, 0.3) is 16.6 Å². The molecule has 0 bridgehead atoms. The summed E-state index contributed by atoms with van der Waals surface area (Å²) in [6, 6.07) is 13.4. The summed E-state index contributed by atoms with van der Waals surface area (Å²) in [5, 5.41) is 11.0. The van der Waals surface area contributed by atoms with Crippen LogP contribution < -0.4 is 0 Å². The Morgan fingerprint density at radius 2 is 1.93 bits per heavy atom. The average Bonchev–Trinajstić information content (AvgIpc) is 3.48. The molecule has 0 atom stereocenters. The average molecular weight is 407 g/mol. The number of aromatic nitrogens is 1. The molecule has 0 radical (unpaired) electrons. The summed E-state index contributed by atoms with van der Waals surface area (Å²) in [5.41, 5.74) is 4.26. The van der Waals surface area contributed by atoms with E-state index in [-0.39, 0.29) is 11.7 Å². The van der Waals surface area contributed by atoms with Gasteiger partial charge < -0.3 is 14.4 Å². The number of aryl methyl sites for hydroxylation is 1. The van der Waals surface area contributed by atoms with E-state index in [0.29, 0.717) is 25.2 Å². The number of carboxylic acid groups (broad SMARTS) is 1. The van der Waals surface area contributed by atoms with Crippen LogP contribution in [0, 0.1) is 18.2 Å². The highest BCUT2D eigenvalue weighted by Gasteiger charge is 2.51. The Hall–Kier alpha value is -2.66. The molecule has 2 heterocycles. The third-order valence-corrected chi connectivity index (χ3v) is 6.85. The minimum absolute atomic E-state index is 0.217. The molecule has 2 fully saturated rings. The van der Waals surface area contributed by atoms with Gasteiger partial charge in [0.2, 0.25) is 0 Å². The van der Waals surface area contributed by atoms with Crippen LogP contribution in [0.5, 0.6) is 0 Å². The van der Waals surface area contributed by atoms with Crippen molar-refractivity contribution in [2.24, 2.45) is 5.41 Å². The summed E-state index contributed by atoms with van der Waals surface area (Å²) in [4.78, 5) is 12.0. The third-order valence-electron chi connectivity index (χ3n) is 6.85. The lowest BCUT2D eigenvalue weighted by Gasteiger charge is -2.26. The lowest BCUT2D eigenvalue weighted by atomic mass is 9.87. The van der Waals surface area contributed by atoms with Gasteiger partial charge in [-0.3, -0.25) is 4.79 Å². The smallest absolute Gasteiger partial charge is 0.309 e. The first kappa shape index (κ1) is 19.3. The fourth-order valence-corrected chi connectivity index (χ4v) is 4.91. The Morgan fingerprint density at radius 1 is 1.20 bits per heavy atom. The number of para-hydroxylation sites is 1. The van der Waals surface area contributed by atoms with Gasteiger partial charge in [0, 0.05) is 35.9 Å². The van der Waals surface area contributed by atoms with Gasteiger partial charge >= 0.3 is 5.97 Å². The van der Waals surface area contributed by atoms with Crippen LogP contribution in [-0.4, -0.2) is 28.9 Å². The van der Waals surface area contributed by atoms with Crippen molar-refractivity contribution in [1.82, 2.24) is 4.57 Å². The standard InChI is InChI=1S/C25H26FNO3/c1-16-14-18(6-7-21(16)26)27-22-5-3-2-4-19(22)20(15-25(10-11-25)24(28)29)23(27)17-8-12-30-13-9-17/h2-7,14,17H,8-13,15H2,1H3,(H,28,29). The van der Waals surface area contributed by atoms with Crippen LogP contribution >= 0.6 is 0 Å². The highest BCUT2D eigenvalue weighted by molar-refractivity contribution is 5.89. The molecule has 3 aromatic rings. The topological polar surface area (TPSA) is 51.5 Å². The molecule has 30 heavy (non-hydrogen) atoms. The maximum atomic E-state index is 14.0. The summed E-state index contributed by atoms with van der Waals surface area (Å²) in [6.45, 7) is 3.19. The van der Waals surface area contributed by atoms with Crippen LogP contribution in [0.2, 0.25) is 0 Å². The number of rotatable bonds is 5. The monoisotopic (exact) mass is 407 g/mol. The lowest BCUT2D eigenvalue weighted by Crippen LogP contribution is -2.21. The number of hydrogen-bond donors (Lipinski definition) is 1. The number of hydrogen-bond acceptors (Lipinski definition) is 2. The summed E-state index contributed by atoms with van der Waals surface area (Å²) >= 11 is 0. The molecular weight excluding hydrogens is 381 g/mol. The van der Waals surface area contributed by atoms with E-state index in [1.54, 1.807) is 6.92 Å². The summed E-state index contributed by atoms with van der Waals surface area (Å²) in [5.74, 6) is -0.628. The van der Waals surface area contributed by atoms with Crippen LogP contribution in [0.3, 0.4) is 0 Å². The normalized spacial score (nSPS) is 18.6. The number of fused-ring (bicyclic) bond motifs is 1. The number of halogens is 1. The number of nitrogens with zero attached hydrogens (tertiary/aromatic N) is 1. The number of aliphatic carboxylic acids is 1. The fourth-order valence-electron chi connectivity index (χ4n) is 4.91. The largest absolute Gasteiger partial charge is 0.481 e. The Balaban J connectivity index is 1.77. The molecule has 1 N–H and O–H groups in total. The second kappa shape index (κ2) is 7.24. The van der Waals surface area contributed by atoms with Crippen LogP contribution in [0.4, 0.5) is 4.39 Å². The molecule has 4 nitrogen and oxygen atoms in total. The predicted octanol–water partition coefficient (Wildman–Crippen LogP) is 5.38. The van der Waals surface area contributed by atoms with Gasteiger partial charge in [0.15, 0.2) is 0 Å². The zero-order chi connectivity index (χ0) is 20.9. The zero-order valence-corrected chi connectivity index (χ0v) is 17.2. The van der Waals surface area contributed by atoms with Gasteiger partial charge in [-0.05, 0) is 74.4 Å². The van der Waals surface area contributed by atoms with Crippen molar-refractivity contribution in [3.63, 3.8) is 0 Å². The number of carboxylic acids is 1. The first-order valence-corrected chi connectivity index (χ1v) is 10.7. The first-order valence-electron chi connectivity index (χ1n) is 10.7. The van der Waals surface area contributed by atoms with E-state index in [2.05, 4.69) is 16.7 Å². The van der Waals surface area contributed by atoms with E-state index in [0.717, 1.165) is 47.8 Å². The summed E-state index contributed by atoms with van der Waals surface area (Å²) in [6.07, 6.45) is 3.81. The van der Waals surface area contributed by atoms with Gasteiger partial charge in [0.1, 0.15) is 5.82 Å². The molecule has 5 rings (SSSR count). The first-order chi connectivity index (χ1) is 14.5. The quantitative estimate of drug-likeness (QED) is 0.618. The minimum Gasteiger partial charge on any atom is -0.481 e. The van der Waals surface area contributed by atoms with Gasteiger partial charge in [-0.25, -0.2) is 4.39 Å². The molecule has 5 heteroatoms. The van der Waals surface area contributed by atoms with Crippen LogP contribution in [0.1, 0.15) is 48.4 Å². The van der Waals surface area contributed by atoms with E-state index in [1.165, 1.54) is 11.8 Å². The lowest BCUT2D eigenvalue weighted by molar-refractivity contribution is -0.143. The van der Waals surface area contributed by atoms with Gasteiger partial charge in [0.25, 0.3) is 0 Å². The minimum atomic E-state index is -0.699. The molecule has 0 unspecified atom stereocenters. The molecule has 156 valence electrons. The molecule has 2 aromatic carbocycles. The molecule has 2 aliphatic rings. The van der Waals surface area contributed by atoms with Gasteiger partial charge in [0.05, 0.1) is 10.9 Å². The molecular formula is C25H26FNO3. The molecule has 1 saturated carbocycles. The van der Waals surface area contributed by atoms with E-state index in [1.807, 2.05) is 24.3 Å². The summed E-state index contributed by atoms with van der Waals surface area (Å²) < 4.78 is 21.9. The zero-order valence-electron chi connectivity index (χ0n) is 17.2. The van der Waals surface area contributed by atoms with Crippen molar-refractivity contribution in [3.05, 3.63) is 65.1 Å². The van der Waals surface area contributed by atoms with E-state index < -0.39 is 11.4 Å². The Bertz CT molecular complexity index is 1120. The SMILES string of the molecule is Cc1cc(-n2c(C3CCOCC3)c(CC3(C(=O)O)CC3)c3ccccc32)ccc1F. The molecule has 1 aliphatic heterocycles. The number of ether oxygens (including phenoxy) is 1. The van der Waals surface area contributed by atoms with Crippen molar-refractivity contribution in [3.8, 4) is 5.69 Å². The van der Waals surface area contributed by atoms with Crippen LogP contribution in [-0.2, 0) is 16.0 Å². The van der Waals surface area contributed by atoms with Crippen molar-refractivity contribution in [1.29, 1.82) is 0 Å². The third kappa shape index (κ3) is 3.12. The molecule has 0 spiro atoms. The van der Waals surface area contributed by atoms with Crippen molar-refractivity contribution in [2.75, 3.05) is 13.2 Å². The molecule has 1 saturated heterocycles. The second-order valence-electron chi connectivity index (χ2n) is 8.80. The number of carbonyl (C=O) groups is 1. The fraction of sp³-hybridized carbons (Fsp3) is 0.400. The van der Waals surface area contributed by atoms with Crippen molar-refractivity contribution in [2.45, 2.75) is 44.9 Å². The Morgan fingerprint density at radius 3 is 2.60 bits per heavy atom. The van der Waals surface area contributed by atoms with Gasteiger partial charge in [-0.1, -0.05) is 18.2 Å². The summed E-state index contributed by atoms with van der Waals surface area (Å²) in [7, 11) is 0. The van der Waals surface area contributed by atoms with Crippen molar-refractivity contribution >= 4 is 16.9 Å². The van der Waals surface area contributed by atoms with Crippen molar-refractivity contribution < 1.29 is 19.0 Å². The number of benzene rings is 2. The highest BCUT2D eigenvalue weighted by atomic mass is 19.1. The second-order valence-corrected chi connectivity index (χ2v) is 8.80. The highest BCUT2D eigenvalue weighted by Crippen LogP contribution is 2.51. The van der Waals surface area contributed by atoms with Crippen LogP contribution in [0.15, 0.2) is 42.5 Å². The van der Waals surface area contributed by atoms with E-state index in [4.69, 9.17) is 4.74 Å². The molecule has 0 amide bonds. The van der Waals surface area contributed by atoms with Gasteiger partial charge in [-0.2, -0.15) is 0 Å². The van der Waals surface area contributed by atoms with E-state index in [9.17, 15) is 14.3 Å².